The Kier molecular flexibility index (Phi) is 5.86. The fraction of sp³-hybridized carbons (Fsp3) is 0.333. The molecule has 2 aromatic carbocycles. The van der Waals surface area contributed by atoms with Gasteiger partial charge < -0.3 is 19.1 Å². The van der Waals surface area contributed by atoms with Gasteiger partial charge in [-0.15, -0.1) is 0 Å². The van der Waals surface area contributed by atoms with E-state index in [0.29, 0.717) is 25.0 Å². The normalized spacial score (nSPS) is 14.4. The highest BCUT2D eigenvalue weighted by Gasteiger charge is 2.23. The smallest absolute Gasteiger partial charge is 0.323 e. The first-order valence-corrected chi connectivity index (χ1v) is 10.1. The van der Waals surface area contributed by atoms with Crippen LogP contribution in [0, 0.1) is 0 Å². The Hall–Kier alpha value is -3.12. The molecule has 4 rings (SSSR count). The van der Waals surface area contributed by atoms with Gasteiger partial charge in [0, 0.05) is 24.7 Å². The van der Waals surface area contributed by atoms with Crippen LogP contribution in [0.15, 0.2) is 60.8 Å². The molecule has 0 N–H and O–H groups in total. The van der Waals surface area contributed by atoms with E-state index in [9.17, 15) is 0 Å². The summed E-state index contributed by atoms with van der Waals surface area (Å²) in [6, 6.07) is 18.6. The van der Waals surface area contributed by atoms with Gasteiger partial charge in [-0.05, 0) is 41.5 Å². The van der Waals surface area contributed by atoms with Gasteiger partial charge in [-0.3, -0.25) is 0 Å². The van der Waals surface area contributed by atoms with Crippen molar-refractivity contribution in [3.05, 3.63) is 71.9 Å². The Labute approximate surface area is 177 Å². The zero-order chi connectivity index (χ0) is 21.0. The molecule has 3 aromatic rings. The number of ether oxygens (including phenoxy) is 3. The van der Waals surface area contributed by atoms with Crippen molar-refractivity contribution < 1.29 is 14.2 Å². The van der Waals surface area contributed by atoms with Gasteiger partial charge in [0.25, 0.3) is 0 Å². The molecule has 0 spiro atoms. The largest absolute Gasteiger partial charge is 0.497 e. The Balaban J connectivity index is 1.48. The number of methoxy groups -OCH3 is 1. The van der Waals surface area contributed by atoms with Crippen LogP contribution >= 0.6 is 0 Å². The number of hydrogen-bond acceptors (Lipinski definition) is 6. The quantitative estimate of drug-likeness (QED) is 0.604. The molecule has 0 aliphatic carbocycles. The number of nitrogens with zero attached hydrogens (tertiary/aromatic N) is 3. The first kappa shape index (κ1) is 20.2. The molecule has 1 saturated heterocycles. The highest BCUT2D eigenvalue weighted by Crippen LogP contribution is 2.33. The van der Waals surface area contributed by atoms with Gasteiger partial charge in [0.1, 0.15) is 17.3 Å². The minimum absolute atomic E-state index is 0.141. The maximum Gasteiger partial charge on any atom is 0.323 e. The van der Waals surface area contributed by atoms with E-state index in [0.717, 1.165) is 24.7 Å². The van der Waals surface area contributed by atoms with Crippen molar-refractivity contribution in [1.82, 2.24) is 9.97 Å². The lowest BCUT2D eigenvalue weighted by molar-refractivity contribution is 0.122. The van der Waals surface area contributed by atoms with Gasteiger partial charge >= 0.3 is 6.01 Å². The molecule has 1 aliphatic rings. The fourth-order valence-electron chi connectivity index (χ4n) is 3.57. The summed E-state index contributed by atoms with van der Waals surface area (Å²) >= 11 is 0. The van der Waals surface area contributed by atoms with Crippen molar-refractivity contribution in [3.8, 4) is 17.5 Å². The number of aromatic nitrogens is 2. The van der Waals surface area contributed by atoms with Gasteiger partial charge in [-0.2, -0.15) is 4.98 Å². The third kappa shape index (κ3) is 4.39. The van der Waals surface area contributed by atoms with E-state index in [1.807, 2.05) is 30.3 Å². The SMILES string of the molecule is COc1ccc(C(C)(C)c2ccc(Oc3nccc(N4CCOCC4)n3)cc2)cc1. The molecule has 1 aromatic heterocycles. The number of benzene rings is 2. The van der Waals surface area contributed by atoms with Crippen molar-refractivity contribution in [1.29, 1.82) is 0 Å². The molecule has 1 fully saturated rings. The van der Waals surface area contributed by atoms with Crippen molar-refractivity contribution in [3.63, 3.8) is 0 Å². The van der Waals surface area contributed by atoms with Gasteiger partial charge in [-0.1, -0.05) is 38.1 Å². The van der Waals surface area contributed by atoms with Gasteiger partial charge in [-0.25, -0.2) is 4.98 Å². The molecule has 6 nitrogen and oxygen atoms in total. The molecule has 30 heavy (non-hydrogen) atoms. The van der Waals surface area contributed by atoms with Crippen LogP contribution in [0.4, 0.5) is 5.82 Å². The van der Waals surface area contributed by atoms with Crippen LogP contribution < -0.4 is 14.4 Å². The molecule has 0 saturated carbocycles. The fourth-order valence-corrected chi connectivity index (χ4v) is 3.57. The molecule has 2 heterocycles. The average Bonchev–Trinajstić information content (AvgIpc) is 2.80. The van der Waals surface area contributed by atoms with Crippen LogP contribution in [-0.2, 0) is 10.2 Å². The number of morpholine rings is 1. The summed E-state index contributed by atoms with van der Waals surface area (Å²) in [6.07, 6.45) is 1.73. The standard InChI is InChI=1S/C24H27N3O3/c1-24(2,18-4-8-20(28-3)9-5-18)19-6-10-21(11-7-19)30-23-25-13-12-22(26-23)27-14-16-29-17-15-27/h4-13H,14-17H2,1-3H3. The number of hydrogen-bond donors (Lipinski definition) is 0. The molecule has 0 radical (unpaired) electrons. The summed E-state index contributed by atoms with van der Waals surface area (Å²) in [6.45, 7) is 7.49. The first-order chi connectivity index (χ1) is 14.6. The van der Waals surface area contributed by atoms with E-state index < -0.39 is 0 Å². The summed E-state index contributed by atoms with van der Waals surface area (Å²) in [7, 11) is 1.68. The predicted molar refractivity (Wildman–Crippen MR) is 117 cm³/mol. The van der Waals surface area contributed by atoms with Gasteiger partial charge in [0.2, 0.25) is 0 Å². The maximum absolute atomic E-state index is 5.92. The molecule has 156 valence electrons. The Morgan fingerprint density at radius 2 is 1.47 bits per heavy atom. The topological polar surface area (TPSA) is 56.7 Å². The van der Waals surface area contributed by atoms with Crippen LogP contribution in [-0.4, -0.2) is 43.4 Å². The molecule has 0 atom stereocenters. The summed E-state index contributed by atoms with van der Waals surface area (Å²) in [5.41, 5.74) is 2.28. The minimum Gasteiger partial charge on any atom is -0.497 e. The van der Waals surface area contributed by atoms with Gasteiger partial charge in [0.15, 0.2) is 0 Å². The first-order valence-electron chi connectivity index (χ1n) is 10.1. The Bertz CT molecular complexity index is 966. The third-order valence-corrected chi connectivity index (χ3v) is 5.55. The van der Waals surface area contributed by atoms with Crippen molar-refractivity contribution in [2.24, 2.45) is 0 Å². The van der Waals surface area contributed by atoms with E-state index in [1.54, 1.807) is 13.3 Å². The molecule has 0 unspecified atom stereocenters. The second-order valence-corrected chi connectivity index (χ2v) is 7.78. The van der Waals surface area contributed by atoms with Crippen molar-refractivity contribution in [2.75, 3.05) is 38.3 Å². The lowest BCUT2D eigenvalue weighted by Crippen LogP contribution is -2.36. The van der Waals surface area contributed by atoms with Crippen LogP contribution in [0.2, 0.25) is 0 Å². The zero-order valence-electron chi connectivity index (χ0n) is 17.7. The number of anilines is 1. The van der Waals surface area contributed by atoms with E-state index >= 15 is 0 Å². The summed E-state index contributed by atoms with van der Waals surface area (Å²) in [4.78, 5) is 11.0. The lowest BCUT2D eigenvalue weighted by atomic mass is 9.78. The average molecular weight is 405 g/mol. The van der Waals surface area contributed by atoms with Crippen LogP contribution in [0.1, 0.15) is 25.0 Å². The van der Waals surface area contributed by atoms with E-state index in [1.165, 1.54) is 11.1 Å². The Morgan fingerprint density at radius 3 is 2.07 bits per heavy atom. The summed E-state index contributed by atoms with van der Waals surface area (Å²) in [5, 5.41) is 0. The van der Waals surface area contributed by atoms with Crippen LogP contribution in [0.5, 0.6) is 17.5 Å². The van der Waals surface area contributed by atoms with Crippen molar-refractivity contribution in [2.45, 2.75) is 19.3 Å². The minimum atomic E-state index is -0.141. The van der Waals surface area contributed by atoms with E-state index in [-0.39, 0.29) is 5.41 Å². The monoisotopic (exact) mass is 405 g/mol. The summed E-state index contributed by atoms with van der Waals surface area (Å²) in [5.74, 6) is 2.43. The summed E-state index contributed by atoms with van der Waals surface area (Å²) < 4.78 is 16.6. The second kappa shape index (κ2) is 8.71. The third-order valence-electron chi connectivity index (χ3n) is 5.55. The van der Waals surface area contributed by atoms with Crippen LogP contribution in [0.3, 0.4) is 0 Å². The highest BCUT2D eigenvalue weighted by molar-refractivity contribution is 5.43. The molecule has 1 aliphatic heterocycles. The molecular weight excluding hydrogens is 378 g/mol. The van der Waals surface area contributed by atoms with Gasteiger partial charge in [0.05, 0.1) is 20.3 Å². The van der Waals surface area contributed by atoms with Crippen molar-refractivity contribution >= 4 is 5.82 Å². The number of rotatable bonds is 6. The second-order valence-electron chi connectivity index (χ2n) is 7.78. The Morgan fingerprint density at radius 1 is 0.867 bits per heavy atom. The zero-order valence-corrected chi connectivity index (χ0v) is 17.7. The van der Waals surface area contributed by atoms with Crippen LogP contribution in [0.25, 0.3) is 0 Å². The molecule has 0 amide bonds. The van der Waals surface area contributed by atoms with E-state index in [4.69, 9.17) is 14.2 Å². The highest BCUT2D eigenvalue weighted by atomic mass is 16.5. The predicted octanol–water partition coefficient (Wildman–Crippen LogP) is 4.44. The maximum atomic E-state index is 5.92. The molecular formula is C24H27N3O3. The lowest BCUT2D eigenvalue weighted by Gasteiger charge is -2.27. The molecule has 0 bridgehead atoms. The van der Waals surface area contributed by atoms with E-state index in [2.05, 4.69) is 53.0 Å². The molecule has 6 heteroatoms.